The topological polar surface area (TPSA) is 9.23 Å². The van der Waals surface area contributed by atoms with Crippen LogP contribution in [-0.2, 0) is 4.74 Å². The summed E-state index contributed by atoms with van der Waals surface area (Å²) in [6, 6.07) is 20.9. The van der Waals surface area contributed by atoms with Gasteiger partial charge in [0.05, 0.1) is 12.7 Å². The Kier molecular flexibility index (Phi) is 4.10. The molecular formula is C19H18O. The Balaban J connectivity index is 1.69. The Bertz CT molecular complexity index is 596. The van der Waals surface area contributed by atoms with Gasteiger partial charge in [0.25, 0.3) is 0 Å². The van der Waals surface area contributed by atoms with Gasteiger partial charge in [-0.1, -0.05) is 78.9 Å². The van der Waals surface area contributed by atoms with Gasteiger partial charge in [0, 0.05) is 6.42 Å². The van der Waals surface area contributed by atoms with E-state index in [2.05, 4.69) is 72.8 Å². The second-order valence-corrected chi connectivity index (χ2v) is 4.94. The Labute approximate surface area is 120 Å². The Morgan fingerprint density at radius 3 is 2.35 bits per heavy atom. The molecule has 1 aliphatic rings. The molecule has 2 aromatic carbocycles. The quantitative estimate of drug-likeness (QED) is 0.787. The molecule has 0 aromatic heterocycles. The zero-order valence-corrected chi connectivity index (χ0v) is 11.4. The molecule has 0 aliphatic carbocycles. The summed E-state index contributed by atoms with van der Waals surface area (Å²) < 4.78 is 5.79. The molecular weight excluding hydrogens is 244 g/mol. The molecule has 3 rings (SSSR count). The molecule has 0 spiro atoms. The molecule has 1 aliphatic heterocycles. The summed E-state index contributed by atoms with van der Waals surface area (Å²) in [6.45, 7) is 0.689. The number of hydrogen-bond donors (Lipinski definition) is 0. The van der Waals surface area contributed by atoms with Gasteiger partial charge in [0.15, 0.2) is 0 Å². The molecule has 0 bridgehead atoms. The molecule has 1 heteroatoms. The highest BCUT2D eigenvalue weighted by Crippen LogP contribution is 2.25. The van der Waals surface area contributed by atoms with Gasteiger partial charge in [-0.25, -0.2) is 0 Å². The van der Waals surface area contributed by atoms with E-state index in [1.807, 2.05) is 6.07 Å². The zero-order valence-electron chi connectivity index (χ0n) is 11.4. The van der Waals surface area contributed by atoms with Crippen molar-refractivity contribution in [2.45, 2.75) is 12.5 Å². The van der Waals surface area contributed by atoms with Crippen LogP contribution in [0, 0.1) is 0 Å². The molecule has 0 radical (unpaired) electrons. The summed E-state index contributed by atoms with van der Waals surface area (Å²) in [4.78, 5) is 0. The maximum absolute atomic E-state index is 5.79. The minimum absolute atomic E-state index is 0.162. The molecule has 2 aromatic rings. The minimum Gasteiger partial charge on any atom is -0.370 e. The van der Waals surface area contributed by atoms with Crippen LogP contribution in [0.1, 0.15) is 17.5 Å². The van der Waals surface area contributed by atoms with Crippen LogP contribution in [0.2, 0.25) is 0 Å². The first-order valence-corrected chi connectivity index (χ1v) is 7.01. The molecule has 0 amide bonds. The van der Waals surface area contributed by atoms with E-state index >= 15 is 0 Å². The second-order valence-electron chi connectivity index (χ2n) is 4.94. The summed E-state index contributed by atoms with van der Waals surface area (Å²) in [5.41, 5.74) is 3.89. The van der Waals surface area contributed by atoms with E-state index in [4.69, 9.17) is 4.74 Å². The van der Waals surface area contributed by atoms with Crippen LogP contribution in [0.3, 0.4) is 0 Å². The van der Waals surface area contributed by atoms with Crippen molar-refractivity contribution >= 4 is 11.6 Å². The summed E-state index contributed by atoms with van der Waals surface area (Å²) in [5, 5.41) is 0. The third kappa shape index (κ3) is 3.25. The summed E-state index contributed by atoms with van der Waals surface area (Å²) in [7, 11) is 0. The fraction of sp³-hybridized carbons (Fsp3) is 0.158. The summed E-state index contributed by atoms with van der Waals surface area (Å²) in [6.07, 6.45) is 7.58. The monoisotopic (exact) mass is 262 g/mol. The summed E-state index contributed by atoms with van der Waals surface area (Å²) >= 11 is 0. The average molecular weight is 262 g/mol. The summed E-state index contributed by atoms with van der Waals surface area (Å²) in [5.74, 6) is 0. The fourth-order valence-electron chi connectivity index (χ4n) is 2.43. The lowest BCUT2D eigenvalue weighted by Gasteiger charge is -2.21. The third-order valence-electron chi connectivity index (χ3n) is 3.51. The van der Waals surface area contributed by atoms with Gasteiger partial charge in [-0.15, -0.1) is 0 Å². The SMILES string of the molecule is C1=C(c2ccccc2)CC(/C=C/c2ccccc2)OC1. The highest BCUT2D eigenvalue weighted by molar-refractivity contribution is 5.67. The second kappa shape index (κ2) is 6.36. The highest BCUT2D eigenvalue weighted by atomic mass is 16.5. The molecule has 100 valence electrons. The van der Waals surface area contributed by atoms with Crippen LogP contribution in [0.4, 0.5) is 0 Å². The Morgan fingerprint density at radius 2 is 1.60 bits per heavy atom. The van der Waals surface area contributed by atoms with Crippen molar-refractivity contribution in [3.63, 3.8) is 0 Å². The molecule has 0 fully saturated rings. The van der Waals surface area contributed by atoms with Crippen molar-refractivity contribution < 1.29 is 4.74 Å². The first-order valence-electron chi connectivity index (χ1n) is 7.01. The van der Waals surface area contributed by atoms with E-state index in [0.717, 1.165) is 6.42 Å². The number of ether oxygens (including phenoxy) is 1. The number of hydrogen-bond acceptors (Lipinski definition) is 1. The molecule has 0 N–H and O–H groups in total. The van der Waals surface area contributed by atoms with Crippen molar-refractivity contribution in [1.29, 1.82) is 0 Å². The lowest BCUT2D eigenvalue weighted by molar-refractivity contribution is 0.106. The lowest BCUT2D eigenvalue weighted by Crippen LogP contribution is -2.15. The van der Waals surface area contributed by atoms with Crippen LogP contribution in [0.5, 0.6) is 0 Å². The average Bonchev–Trinajstić information content (AvgIpc) is 2.55. The Morgan fingerprint density at radius 1 is 0.900 bits per heavy atom. The van der Waals surface area contributed by atoms with Crippen molar-refractivity contribution in [3.8, 4) is 0 Å². The molecule has 20 heavy (non-hydrogen) atoms. The Hall–Kier alpha value is -2.12. The predicted octanol–water partition coefficient (Wildman–Crippen LogP) is 4.57. The van der Waals surface area contributed by atoms with Crippen LogP contribution in [0.25, 0.3) is 11.6 Å². The van der Waals surface area contributed by atoms with Gasteiger partial charge < -0.3 is 4.74 Å². The third-order valence-corrected chi connectivity index (χ3v) is 3.51. The maximum atomic E-state index is 5.79. The first-order chi connectivity index (χ1) is 9.92. The van der Waals surface area contributed by atoms with E-state index in [1.165, 1.54) is 16.7 Å². The van der Waals surface area contributed by atoms with Crippen molar-refractivity contribution in [2.24, 2.45) is 0 Å². The standard InChI is InChI=1S/C19H18O/c1-3-7-16(8-4-1)11-12-19-15-18(13-14-20-19)17-9-5-2-6-10-17/h1-13,19H,14-15H2/b12-11+. The minimum atomic E-state index is 0.162. The van der Waals surface area contributed by atoms with Gasteiger partial charge in [-0.3, -0.25) is 0 Å². The largest absolute Gasteiger partial charge is 0.370 e. The molecule has 0 saturated heterocycles. The molecule has 1 atom stereocenters. The maximum Gasteiger partial charge on any atom is 0.0803 e. The van der Waals surface area contributed by atoms with E-state index in [9.17, 15) is 0 Å². The van der Waals surface area contributed by atoms with Gasteiger partial charge in [0.1, 0.15) is 0 Å². The molecule has 1 unspecified atom stereocenters. The van der Waals surface area contributed by atoms with E-state index in [1.54, 1.807) is 0 Å². The van der Waals surface area contributed by atoms with Crippen LogP contribution >= 0.6 is 0 Å². The van der Waals surface area contributed by atoms with Gasteiger partial charge in [-0.2, -0.15) is 0 Å². The highest BCUT2D eigenvalue weighted by Gasteiger charge is 2.14. The molecule has 0 saturated carbocycles. The molecule has 1 nitrogen and oxygen atoms in total. The van der Waals surface area contributed by atoms with Crippen LogP contribution in [-0.4, -0.2) is 12.7 Å². The lowest BCUT2D eigenvalue weighted by atomic mass is 9.97. The van der Waals surface area contributed by atoms with Gasteiger partial charge in [-0.05, 0) is 16.7 Å². The fourth-order valence-corrected chi connectivity index (χ4v) is 2.43. The zero-order chi connectivity index (χ0) is 13.6. The van der Waals surface area contributed by atoms with Crippen molar-refractivity contribution in [1.82, 2.24) is 0 Å². The normalized spacial score (nSPS) is 19.0. The number of benzene rings is 2. The van der Waals surface area contributed by atoms with Gasteiger partial charge >= 0.3 is 0 Å². The van der Waals surface area contributed by atoms with E-state index in [0.29, 0.717) is 6.61 Å². The molecule has 1 heterocycles. The van der Waals surface area contributed by atoms with Crippen molar-refractivity contribution in [2.75, 3.05) is 6.61 Å². The van der Waals surface area contributed by atoms with Gasteiger partial charge in [0.2, 0.25) is 0 Å². The van der Waals surface area contributed by atoms with E-state index in [-0.39, 0.29) is 6.10 Å². The first kappa shape index (κ1) is 12.9. The van der Waals surface area contributed by atoms with E-state index < -0.39 is 0 Å². The number of rotatable bonds is 3. The van der Waals surface area contributed by atoms with Crippen LogP contribution in [0.15, 0.2) is 72.8 Å². The smallest absolute Gasteiger partial charge is 0.0803 e. The predicted molar refractivity (Wildman–Crippen MR) is 84.3 cm³/mol. The van der Waals surface area contributed by atoms with Crippen molar-refractivity contribution in [3.05, 3.63) is 83.9 Å². The van der Waals surface area contributed by atoms with Crippen LogP contribution < -0.4 is 0 Å².